The fourth-order valence-corrected chi connectivity index (χ4v) is 11.1. The zero-order valence-corrected chi connectivity index (χ0v) is 31.6. The molecule has 3 N–H and O–H groups in total. The van der Waals surface area contributed by atoms with Gasteiger partial charge in [-0.3, -0.25) is 0 Å². The number of allylic oxidation sites excluding steroid dienone is 1. The Bertz CT molecular complexity index is 1460. The van der Waals surface area contributed by atoms with Crippen molar-refractivity contribution >= 4 is 8.32 Å². The monoisotopic (exact) mass is 692 g/mol. The molecular weight excluding hydrogens is 633 g/mol. The predicted octanol–water partition coefficient (Wildman–Crippen LogP) is 7.14. The van der Waals surface area contributed by atoms with Crippen LogP contribution in [-0.4, -0.2) is 73.0 Å². The van der Waals surface area contributed by atoms with E-state index in [9.17, 15) is 15.0 Å². The zero-order valence-electron chi connectivity index (χ0n) is 30.6. The average molecular weight is 693 g/mol. The Morgan fingerprint density at radius 3 is 2.43 bits per heavy atom. The van der Waals surface area contributed by atoms with Gasteiger partial charge in [0.05, 0.1) is 18.8 Å². The Labute approximate surface area is 295 Å². The minimum absolute atomic E-state index is 0.0710. The molecule has 4 aliphatic carbocycles. The molecule has 0 bridgehead atoms. The highest BCUT2D eigenvalue weighted by Gasteiger charge is 2.64. The van der Waals surface area contributed by atoms with E-state index >= 15 is 0 Å². The van der Waals surface area contributed by atoms with Gasteiger partial charge in [0.1, 0.15) is 12.2 Å². The van der Waals surface area contributed by atoms with Crippen LogP contribution < -0.4 is 0 Å². The van der Waals surface area contributed by atoms with E-state index in [0.29, 0.717) is 44.3 Å². The summed E-state index contributed by atoms with van der Waals surface area (Å²) in [6.07, 6.45) is 10.8. The number of ether oxygens (including phenoxy) is 4. The van der Waals surface area contributed by atoms with Gasteiger partial charge in [-0.05, 0) is 117 Å². The molecule has 5 fully saturated rings. The topological polar surface area (TPSA) is 97.6 Å². The lowest BCUT2D eigenvalue weighted by atomic mass is 9.49. The molecule has 7 rings (SSSR count). The first-order chi connectivity index (χ1) is 23.2. The summed E-state index contributed by atoms with van der Waals surface area (Å²) in [5.74, 6) is 6.59. The van der Waals surface area contributed by atoms with Crippen molar-refractivity contribution in [1.82, 2.24) is 0 Å². The van der Waals surface area contributed by atoms with Gasteiger partial charge in [-0.15, -0.1) is 0 Å². The first-order valence-corrected chi connectivity index (χ1v) is 22.1. The average Bonchev–Trinajstić information content (AvgIpc) is 3.62. The van der Waals surface area contributed by atoms with E-state index in [1.54, 1.807) is 0 Å². The highest BCUT2D eigenvalue weighted by molar-refractivity contribution is 6.72. The quantitative estimate of drug-likeness (QED) is 0.159. The maximum absolute atomic E-state index is 12.4. The van der Waals surface area contributed by atoms with Crippen molar-refractivity contribution in [2.45, 2.75) is 152 Å². The van der Waals surface area contributed by atoms with Crippen LogP contribution in [-0.2, 0) is 25.4 Å². The van der Waals surface area contributed by atoms with Gasteiger partial charge in [0.15, 0.2) is 20.4 Å². The third-order valence-electron chi connectivity index (χ3n) is 14.2. The molecule has 2 heterocycles. The van der Waals surface area contributed by atoms with Crippen molar-refractivity contribution in [2.75, 3.05) is 26.4 Å². The molecule has 7 nitrogen and oxygen atoms in total. The van der Waals surface area contributed by atoms with Gasteiger partial charge in [-0.25, -0.2) is 0 Å². The molecule has 1 aromatic carbocycles. The van der Waals surface area contributed by atoms with Gasteiger partial charge in [0.2, 0.25) is 0 Å². The second-order valence-electron chi connectivity index (χ2n) is 17.7. The van der Waals surface area contributed by atoms with Gasteiger partial charge in [0, 0.05) is 30.8 Å². The van der Waals surface area contributed by atoms with Crippen molar-refractivity contribution < 1.29 is 34.0 Å². The van der Waals surface area contributed by atoms with Crippen LogP contribution >= 0.6 is 0 Å². The summed E-state index contributed by atoms with van der Waals surface area (Å²) in [5, 5.41) is 24.8. The van der Waals surface area contributed by atoms with Gasteiger partial charge in [-0.2, -0.15) is 0 Å². The van der Waals surface area contributed by atoms with Crippen LogP contribution in [0.2, 0.25) is 18.1 Å². The van der Waals surface area contributed by atoms with Crippen molar-refractivity contribution in [2.24, 2.45) is 17.3 Å². The molecule has 6 aliphatic rings. The molecule has 270 valence electrons. The van der Waals surface area contributed by atoms with Crippen LogP contribution in [0.3, 0.4) is 0 Å². The van der Waals surface area contributed by atoms with E-state index in [1.165, 1.54) is 22.3 Å². The predicted molar refractivity (Wildman–Crippen MR) is 192 cm³/mol. The number of hydrogen-bond acceptors (Lipinski definition) is 7. The first-order valence-electron chi connectivity index (χ1n) is 19.2. The summed E-state index contributed by atoms with van der Waals surface area (Å²) in [6.45, 7) is 12.9. The minimum atomic E-state index is -2.28. The normalized spacial score (nSPS) is 37.3. The van der Waals surface area contributed by atoms with Crippen molar-refractivity contribution in [3.05, 3.63) is 46.5 Å². The summed E-state index contributed by atoms with van der Waals surface area (Å²) >= 11 is 0. The van der Waals surface area contributed by atoms with Crippen molar-refractivity contribution in [3.63, 3.8) is 0 Å². The second-order valence-corrected chi connectivity index (χ2v) is 22.1. The Morgan fingerprint density at radius 1 is 0.980 bits per heavy atom. The molecule has 0 aromatic heterocycles. The number of rotatable bonds is 7. The number of hydrogen-bond donors (Lipinski definition) is 3. The van der Waals surface area contributed by atoms with Crippen molar-refractivity contribution in [1.29, 1.82) is 0 Å². The van der Waals surface area contributed by atoms with E-state index < -0.39 is 30.7 Å². The standard InChI is InChI=1S/C41H60O7Si/c1-37(2,49(4,5)44)19-14-29-10-12-30(13-11-29)32-27-38(3)33(16-21-40(38,43)18-8-24-46-35-9-6-7-23-45-35)31-15-20-39(42)28-41(47-25-26-48-41)22-17-34(39)36(31)32/h10-13,31-33,35,42-44H,6-7,9,14-17,19-28H2,1-5H3/t31?,32-,33?,35?,38+,39-,40+/m1/s1. The van der Waals surface area contributed by atoms with Gasteiger partial charge < -0.3 is 34.0 Å². The maximum atomic E-state index is 12.4. The maximum Gasteiger partial charge on any atom is 0.188 e. The van der Waals surface area contributed by atoms with Crippen LogP contribution in [0, 0.1) is 29.1 Å². The molecule has 0 amide bonds. The summed E-state index contributed by atoms with van der Waals surface area (Å²) in [6, 6.07) is 9.12. The van der Waals surface area contributed by atoms with Gasteiger partial charge >= 0.3 is 0 Å². The molecule has 49 heavy (non-hydrogen) atoms. The second kappa shape index (κ2) is 13.1. The molecule has 2 saturated heterocycles. The third-order valence-corrected chi connectivity index (χ3v) is 17.8. The Hall–Kier alpha value is -1.54. The highest BCUT2D eigenvalue weighted by atomic mass is 28.4. The minimum Gasteiger partial charge on any atom is -0.432 e. The van der Waals surface area contributed by atoms with E-state index in [-0.39, 0.29) is 23.9 Å². The van der Waals surface area contributed by atoms with E-state index in [4.69, 9.17) is 18.9 Å². The fourth-order valence-electron chi connectivity index (χ4n) is 10.4. The highest BCUT2D eigenvalue weighted by Crippen LogP contribution is 2.68. The first kappa shape index (κ1) is 35.8. The number of aliphatic hydroxyl groups is 2. The lowest BCUT2D eigenvalue weighted by molar-refractivity contribution is -0.208. The molecular formula is C41H60O7Si. The fraction of sp³-hybridized carbons (Fsp3) is 0.756. The van der Waals surface area contributed by atoms with E-state index in [0.717, 1.165) is 70.8 Å². The number of fused-ring (bicyclic) bond motifs is 4. The van der Waals surface area contributed by atoms with Crippen LogP contribution in [0.4, 0.5) is 0 Å². The van der Waals surface area contributed by atoms with Gasteiger partial charge in [-0.1, -0.05) is 62.5 Å². The number of aryl methyl sites for hydroxylation is 1. The van der Waals surface area contributed by atoms with Crippen LogP contribution in [0.25, 0.3) is 0 Å². The van der Waals surface area contributed by atoms with Gasteiger partial charge in [0.25, 0.3) is 0 Å². The van der Waals surface area contributed by atoms with Crippen molar-refractivity contribution in [3.8, 4) is 11.8 Å². The molecule has 1 spiro atoms. The SMILES string of the molecule is CC(C)(CCc1ccc([C@H]2C[C@@]3(C)C(CC[C@@]3(O)C#CCOC3CCCCO3)C3CC[C@@]4(O)CC5(CCC4=C32)OCCO5)cc1)[Si](C)(C)O. The molecule has 3 unspecified atom stereocenters. The molecule has 8 heteroatoms. The Morgan fingerprint density at radius 2 is 1.73 bits per heavy atom. The summed E-state index contributed by atoms with van der Waals surface area (Å²) in [4.78, 5) is 10.9. The smallest absolute Gasteiger partial charge is 0.188 e. The number of benzene rings is 1. The molecule has 2 aliphatic heterocycles. The van der Waals surface area contributed by atoms with E-state index in [2.05, 4.69) is 56.9 Å². The molecule has 3 saturated carbocycles. The third kappa shape index (κ3) is 6.54. The lowest BCUT2D eigenvalue weighted by Gasteiger charge is -2.57. The zero-order chi connectivity index (χ0) is 34.7. The lowest BCUT2D eigenvalue weighted by Crippen LogP contribution is -2.55. The van der Waals surface area contributed by atoms with Crippen LogP contribution in [0.1, 0.15) is 115 Å². The largest absolute Gasteiger partial charge is 0.432 e. The summed E-state index contributed by atoms with van der Waals surface area (Å²) in [7, 11) is -2.28. The Kier molecular flexibility index (Phi) is 9.62. The molecule has 1 aromatic rings. The van der Waals surface area contributed by atoms with Crippen LogP contribution in [0.5, 0.6) is 0 Å². The van der Waals surface area contributed by atoms with Crippen LogP contribution in [0.15, 0.2) is 35.4 Å². The molecule has 7 atom stereocenters. The summed E-state index contributed by atoms with van der Waals surface area (Å²) < 4.78 is 24.0. The van der Waals surface area contributed by atoms with E-state index in [1.807, 2.05) is 13.1 Å². The Balaban J connectivity index is 1.20. The molecule has 0 radical (unpaired) electrons. The summed E-state index contributed by atoms with van der Waals surface area (Å²) in [5.41, 5.74) is 2.73.